The van der Waals surface area contributed by atoms with Gasteiger partial charge in [0, 0.05) is 34.6 Å². The first kappa shape index (κ1) is 20.9. The molecular weight excluding hydrogens is 408 g/mol. The molecule has 7 nitrogen and oxygen atoms in total. The molecule has 3 rings (SSSR count). The van der Waals surface area contributed by atoms with Crippen molar-refractivity contribution in [2.75, 3.05) is 10.5 Å². The molecule has 1 amide bonds. The van der Waals surface area contributed by atoms with Gasteiger partial charge in [0.15, 0.2) is 0 Å². The van der Waals surface area contributed by atoms with Crippen molar-refractivity contribution in [2.24, 2.45) is 0 Å². The second kappa shape index (κ2) is 9.15. The number of carbonyl (C=O) groups excluding carboxylic acids is 1. The molecule has 3 aromatic rings. The molecule has 0 aliphatic heterocycles. The summed E-state index contributed by atoms with van der Waals surface area (Å²) in [5.41, 5.74) is 2.63. The number of hydrogen-bond acceptors (Lipinski definition) is 6. The monoisotopic (exact) mass is 430 g/mol. The highest BCUT2D eigenvalue weighted by atomic mass is 32.2. The third-order valence-electron chi connectivity index (χ3n) is 4.09. The van der Waals surface area contributed by atoms with Crippen molar-refractivity contribution in [3.05, 3.63) is 64.7 Å². The summed E-state index contributed by atoms with van der Waals surface area (Å²) in [4.78, 5) is 21.2. The maximum atomic E-state index is 12.5. The van der Waals surface area contributed by atoms with E-state index in [0.29, 0.717) is 17.7 Å². The lowest BCUT2D eigenvalue weighted by Crippen LogP contribution is -2.26. The number of thiazole rings is 1. The number of amides is 1. The lowest BCUT2D eigenvalue weighted by Gasteiger charge is -2.12. The van der Waals surface area contributed by atoms with Crippen LogP contribution in [0.5, 0.6) is 0 Å². The average molecular weight is 431 g/mol. The van der Waals surface area contributed by atoms with Gasteiger partial charge in [-0.2, -0.15) is 0 Å². The quantitative estimate of drug-likeness (QED) is 0.565. The van der Waals surface area contributed by atoms with Crippen LogP contribution in [0.4, 0.5) is 5.69 Å². The number of nitrogens with one attached hydrogen (secondary N) is 2. The Labute approximate surface area is 174 Å². The second-order valence-electron chi connectivity index (χ2n) is 6.51. The molecule has 2 heterocycles. The van der Waals surface area contributed by atoms with Gasteiger partial charge in [-0.25, -0.2) is 13.4 Å². The molecule has 2 aromatic heterocycles. The third kappa shape index (κ3) is 5.61. The topological polar surface area (TPSA) is 101 Å². The fourth-order valence-electron chi connectivity index (χ4n) is 2.66. The number of pyridine rings is 1. The molecule has 0 aliphatic rings. The van der Waals surface area contributed by atoms with Crippen LogP contribution >= 0.6 is 11.3 Å². The molecule has 0 bridgehead atoms. The molecule has 0 fully saturated rings. The predicted octanol–water partition coefficient (Wildman–Crippen LogP) is 3.85. The molecule has 0 saturated heterocycles. The summed E-state index contributed by atoms with van der Waals surface area (Å²) in [5, 5.41) is 5.65. The van der Waals surface area contributed by atoms with Crippen LogP contribution in [-0.4, -0.2) is 30.0 Å². The number of nitrogens with zero attached hydrogens (tertiary/aromatic N) is 2. The lowest BCUT2D eigenvalue weighted by atomic mass is 10.2. The van der Waals surface area contributed by atoms with Crippen molar-refractivity contribution in [1.82, 2.24) is 15.3 Å². The first-order valence-electron chi connectivity index (χ1n) is 9.15. The van der Waals surface area contributed by atoms with E-state index in [2.05, 4.69) is 20.0 Å². The van der Waals surface area contributed by atoms with Gasteiger partial charge >= 0.3 is 0 Å². The summed E-state index contributed by atoms with van der Waals surface area (Å²) in [6.07, 6.45) is 3.99. The highest BCUT2D eigenvalue weighted by molar-refractivity contribution is 7.92. The van der Waals surface area contributed by atoms with Gasteiger partial charge in [-0.1, -0.05) is 6.92 Å². The molecule has 0 aliphatic carbocycles. The van der Waals surface area contributed by atoms with E-state index in [0.717, 1.165) is 16.3 Å². The molecule has 29 heavy (non-hydrogen) atoms. The number of sulfonamides is 1. The first-order chi connectivity index (χ1) is 13.9. The molecule has 1 aromatic carbocycles. The van der Waals surface area contributed by atoms with E-state index in [-0.39, 0.29) is 17.7 Å². The molecule has 1 atom stereocenters. The lowest BCUT2D eigenvalue weighted by molar-refractivity contribution is 0.0940. The highest BCUT2D eigenvalue weighted by Crippen LogP contribution is 2.25. The molecule has 0 radical (unpaired) electrons. The zero-order chi connectivity index (χ0) is 20.9. The Bertz CT molecular complexity index is 1060. The van der Waals surface area contributed by atoms with Crippen LogP contribution < -0.4 is 10.0 Å². The zero-order valence-corrected chi connectivity index (χ0v) is 17.8. The van der Waals surface area contributed by atoms with Gasteiger partial charge in [-0.05, 0) is 49.7 Å². The first-order valence-corrected chi connectivity index (χ1v) is 11.7. The Morgan fingerprint density at radius 1 is 1.21 bits per heavy atom. The summed E-state index contributed by atoms with van der Waals surface area (Å²) in [7, 11) is -3.36. The third-order valence-corrected chi connectivity index (χ3v) is 6.61. The van der Waals surface area contributed by atoms with Crippen molar-refractivity contribution in [3.63, 3.8) is 0 Å². The number of carbonyl (C=O) groups is 1. The van der Waals surface area contributed by atoms with Crippen LogP contribution in [0.1, 0.15) is 41.7 Å². The molecule has 2 N–H and O–H groups in total. The van der Waals surface area contributed by atoms with Gasteiger partial charge in [0.2, 0.25) is 10.0 Å². The van der Waals surface area contributed by atoms with E-state index in [4.69, 9.17) is 0 Å². The largest absolute Gasteiger partial charge is 0.343 e. The number of benzene rings is 1. The van der Waals surface area contributed by atoms with Crippen molar-refractivity contribution < 1.29 is 13.2 Å². The van der Waals surface area contributed by atoms with E-state index in [1.807, 2.05) is 24.4 Å². The van der Waals surface area contributed by atoms with Gasteiger partial charge < -0.3 is 5.32 Å². The molecule has 0 spiro atoms. The van der Waals surface area contributed by atoms with Gasteiger partial charge in [-0.3, -0.25) is 14.5 Å². The van der Waals surface area contributed by atoms with Crippen LogP contribution in [0, 0.1) is 0 Å². The fraction of sp³-hybridized carbons (Fsp3) is 0.250. The Kier molecular flexibility index (Phi) is 6.60. The van der Waals surface area contributed by atoms with Crippen LogP contribution in [0.3, 0.4) is 0 Å². The Balaban J connectivity index is 1.63. The van der Waals surface area contributed by atoms with Crippen LogP contribution in [-0.2, 0) is 10.0 Å². The average Bonchev–Trinajstić information content (AvgIpc) is 3.19. The summed E-state index contributed by atoms with van der Waals surface area (Å²) >= 11 is 1.47. The van der Waals surface area contributed by atoms with E-state index in [9.17, 15) is 13.2 Å². The summed E-state index contributed by atoms with van der Waals surface area (Å²) in [6.45, 7) is 3.67. The minimum atomic E-state index is -3.36. The fourth-order valence-corrected chi connectivity index (χ4v) is 4.63. The molecule has 152 valence electrons. The molecule has 0 saturated carbocycles. The second-order valence-corrected chi connectivity index (χ2v) is 9.24. The highest BCUT2D eigenvalue weighted by Gasteiger charge is 2.16. The van der Waals surface area contributed by atoms with Gasteiger partial charge in [-0.15, -0.1) is 11.3 Å². The van der Waals surface area contributed by atoms with Crippen molar-refractivity contribution in [3.8, 4) is 11.3 Å². The zero-order valence-electron chi connectivity index (χ0n) is 16.1. The maximum absolute atomic E-state index is 12.5. The van der Waals surface area contributed by atoms with Crippen LogP contribution in [0.15, 0.2) is 54.2 Å². The standard InChI is InChI=1S/C20H22N4O3S2/c1-3-11-29(26,27)24-17-8-6-15(7-9-17)19(25)22-14(2)20-23-18(13-28-20)16-5-4-10-21-12-16/h4-10,12-14,24H,3,11H2,1-2H3,(H,22,25). The minimum Gasteiger partial charge on any atom is -0.343 e. The van der Waals surface area contributed by atoms with E-state index in [1.165, 1.54) is 11.3 Å². The predicted molar refractivity (Wildman–Crippen MR) is 115 cm³/mol. The Morgan fingerprint density at radius 2 is 1.97 bits per heavy atom. The molecule has 9 heteroatoms. The Hall–Kier alpha value is -2.78. The minimum absolute atomic E-state index is 0.0571. The normalized spacial score (nSPS) is 12.3. The van der Waals surface area contributed by atoms with Gasteiger partial charge in [0.1, 0.15) is 5.01 Å². The number of rotatable bonds is 8. The summed E-state index contributed by atoms with van der Waals surface area (Å²) < 4.78 is 26.1. The van der Waals surface area contributed by atoms with Gasteiger partial charge in [0.25, 0.3) is 5.91 Å². The van der Waals surface area contributed by atoms with Crippen LogP contribution in [0.25, 0.3) is 11.3 Å². The van der Waals surface area contributed by atoms with Gasteiger partial charge in [0.05, 0.1) is 17.5 Å². The maximum Gasteiger partial charge on any atom is 0.251 e. The van der Waals surface area contributed by atoms with Crippen molar-refractivity contribution in [1.29, 1.82) is 0 Å². The Morgan fingerprint density at radius 3 is 2.62 bits per heavy atom. The summed E-state index contributed by atoms with van der Waals surface area (Å²) in [6, 6.07) is 9.87. The molecule has 1 unspecified atom stereocenters. The summed E-state index contributed by atoms with van der Waals surface area (Å²) in [5.74, 6) is -0.194. The SMILES string of the molecule is CCCS(=O)(=O)Nc1ccc(C(=O)NC(C)c2nc(-c3cccnc3)cs2)cc1. The van der Waals surface area contributed by atoms with E-state index < -0.39 is 10.0 Å². The number of anilines is 1. The van der Waals surface area contributed by atoms with Crippen molar-refractivity contribution >= 4 is 33.0 Å². The van der Waals surface area contributed by atoms with Crippen LogP contribution in [0.2, 0.25) is 0 Å². The van der Waals surface area contributed by atoms with E-state index in [1.54, 1.807) is 43.6 Å². The number of hydrogen-bond donors (Lipinski definition) is 2. The number of aromatic nitrogens is 2. The molecular formula is C20H22N4O3S2. The smallest absolute Gasteiger partial charge is 0.251 e. The van der Waals surface area contributed by atoms with E-state index >= 15 is 0 Å². The van der Waals surface area contributed by atoms with Crippen molar-refractivity contribution in [2.45, 2.75) is 26.3 Å².